The lowest BCUT2D eigenvalue weighted by Gasteiger charge is -2.36. The first kappa shape index (κ1) is 34.1. The van der Waals surface area contributed by atoms with Crippen molar-refractivity contribution in [2.75, 3.05) is 27.2 Å². The quantitative estimate of drug-likeness (QED) is 0.187. The minimum absolute atomic E-state index is 0.407. The third-order valence-electron chi connectivity index (χ3n) is 10.9. The topological polar surface area (TPSA) is 6.48 Å². The molecular weight excluding hydrogens is 556 g/mol. The minimum atomic E-state index is 0.407. The highest BCUT2D eigenvalue weighted by Crippen LogP contribution is 2.37. The predicted molar refractivity (Wildman–Crippen MR) is 199 cm³/mol. The lowest BCUT2D eigenvalue weighted by atomic mass is 9.80. The first-order valence-electron chi connectivity index (χ1n) is 18.0. The molecule has 0 saturated carbocycles. The average Bonchev–Trinajstić information content (AvgIpc) is 3.08. The summed E-state index contributed by atoms with van der Waals surface area (Å²) in [6.07, 6.45) is 16.2. The molecule has 2 heterocycles. The average molecular weight is 615 g/mol. The number of rotatable bonds is 12. The Hall–Kier alpha value is -3.20. The zero-order valence-electron chi connectivity index (χ0n) is 29.9. The fourth-order valence-electron chi connectivity index (χ4n) is 7.83. The molecule has 2 aliphatic rings. The van der Waals surface area contributed by atoms with Gasteiger partial charge in [-0.3, -0.25) is 4.90 Å². The van der Waals surface area contributed by atoms with E-state index in [2.05, 4.69) is 120 Å². The highest BCUT2D eigenvalue weighted by Gasteiger charge is 2.28. The number of benzene rings is 3. The SMILES string of the molecule is C=C/C(C)=C\C=C(\CC)Cc1ccc(CC2c3cc(Cc4c(CC)c(CC)cc5c4CN(C)CC5)c(CC)cc3CCN2C)cc1. The van der Waals surface area contributed by atoms with Crippen LogP contribution in [-0.4, -0.2) is 37.0 Å². The van der Waals surface area contributed by atoms with Crippen LogP contribution in [0, 0.1) is 0 Å². The molecule has 0 spiro atoms. The molecule has 0 fully saturated rings. The fraction of sp³-hybridized carbons (Fsp3) is 0.455. The molecule has 0 amide bonds. The second kappa shape index (κ2) is 15.6. The largest absolute Gasteiger partial charge is 0.302 e. The van der Waals surface area contributed by atoms with Gasteiger partial charge in [-0.15, -0.1) is 0 Å². The Kier molecular flexibility index (Phi) is 11.6. The first-order valence-corrected chi connectivity index (χ1v) is 18.0. The third kappa shape index (κ3) is 7.67. The molecular formula is C44H58N2. The van der Waals surface area contributed by atoms with E-state index >= 15 is 0 Å². The Morgan fingerprint density at radius 3 is 2.17 bits per heavy atom. The van der Waals surface area contributed by atoms with Gasteiger partial charge in [0.15, 0.2) is 0 Å². The molecule has 1 atom stereocenters. The van der Waals surface area contributed by atoms with Crippen molar-refractivity contribution in [3.05, 3.63) is 140 Å². The molecule has 0 bridgehead atoms. The molecule has 2 aliphatic heterocycles. The maximum atomic E-state index is 3.89. The van der Waals surface area contributed by atoms with Gasteiger partial charge < -0.3 is 4.90 Å². The number of hydrogen-bond acceptors (Lipinski definition) is 2. The van der Waals surface area contributed by atoms with Crippen LogP contribution < -0.4 is 0 Å². The van der Waals surface area contributed by atoms with Crippen molar-refractivity contribution in [1.82, 2.24) is 9.80 Å². The molecule has 0 saturated heterocycles. The summed E-state index contributed by atoms with van der Waals surface area (Å²) >= 11 is 0. The number of nitrogens with zero attached hydrogens (tertiary/aromatic N) is 2. The number of fused-ring (bicyclic) bond motifs is 2. The third-order valence-corrected chi connectivity index (χ3v) is 10.9. The van der Waals surface area contributed by atoms with Crippen LogP contribution >= 0.6 is 0 Å². The van der Waals surface area contributed by atoms with E-state index in [4.69, 9.17) is 0 Å². The van der Waals surface area contributed by atoms with E-state index in [0.29, 0.717) is 6.04 Å². The maximum absolute atomic E-state index is 3.89. The smallest absolute Gasteiger partial charge is 0.0388 e. The Bertz CT molecular complexity index is 1590. The Balaban J connectivity index is 1.45. The lowest BCUT2D eigenvalue weighted by Crippen LogP contribution is -2.33. The highest BCUT2D eigenvalue weighted by molar-refractivity contribution is 5.52. The van der Waals surface area contributed by atoms with Crippen molar-refractivity contribution in [2.45, 2.75) is 105 Å². The van der Waals surface area contributed by atoms with Crippen molar-refractivity contribution >= 4 is 0 Å². The van der Waals surface area contributed by atoms with Crippen LogP contribution in [0.2, 0.25) is 0 Å². The molecule has 0 N–H and O–H groups in total. The van der Waals surface area contributed by atoms with E-state index < -0.39 is 0 Å². The lowest BCUT2D eigenvalue weighted by molar-refractivity contribution is 0.229. The summed E-state index contributed by atoms with van der Waals surface area (Å²) in [5, 5.41) is 0. The van der Waals surface area contributed by atoms with E-state index in [0.717, 1.165) is 64.5 Å². The van der Waals surface area contributed by atoms with Gasteiger partial charge in [-0.25, -0.2) is 0 Å². The van der Waals surface area contributed by atoms with E-state index in [9.17, 15) is 0 Å². The van der Waals surface area contributed by atoms with Gasteiger partial charge in [0, 0.05) is 25.7 Å². The van der Waals surface area contributed by atoms with E-state index in [1.165, 1.54) is 35.2 Å². The predicted octanol–water partition coefficient (Wildman–Crippen LogP) is 9.74. The molecule has 1 unspecified atom stereocenters. The molecule has 244 valence electrons. The second-order valence-corrected chi connectivity index (χ2v) is 13.9. The molecule has 2 nitrogen and oxygen atoms in total. The Morgan fingerprint density at radius 1 is 0.804 bits per heavy atom. The van der Waals surface area contributed by atoms with Crippen LogP contribution in [0.3, 0.4) is 0 Å². The highest BCUT2D eigenvalue weighted by atomic mass is 15.1. The van der Waals surface area contributed by atoms with Gasteiger partial charge in [-0.1, -0.05) is 106 Å². The van der Waals surface area contributed by atoms with Crippen LogP contribution in [0.25, 0.3) is 0 Å². The van der Waals surface area contributed by atoms with Gasteiger partial charge in [0.05, 0.1) is 0 Å². The van der Waals surface area contributed by atoms with Crippen molar-refractivity contribution in [3.63, 3.8) is 0 Å². The first-order chi connectivity index (χ1) is 22.3. The summed E-state index contributed by atoms with van der Waals surface area (Å²) in [7, 11) is 4.62. The molecule has 46 heavy (non-hydrogen) atoms. The minimum Gasteiger partial charge on any atom is -0.302 e. The number of likely N-dealkylation sites (N-methyl/N-ethyl adjacent to an activating group) is 2. The van der Waals surface area contributed by atoms with E-state index in [1.807, 2.05) is 6.08 Å². The zero-order chi connectivity index (χ0) is 32.8. The van der Waals surface area contributed by atoms with E-state index in [-0.39, 0.29) is 0 Å². The normalized spacial score (nSPS) is 17.6. The number of hydrogen-bond donors (Lipinski definition) is 0. The van der Waals surface area contributed by atoms with Crippen LogP contribution in [0.15, 0.2) is 78.4 Å². The molecule has 0 radical (unpaired) electrons. The molecule has 3 aromatic rings. The Morgan fingerprint density at radius 2 is 1.50 bits per heavy atom. The number of aryl methyl sites for hydroxylation is 2. The van der Waals surface area contributed by atoms with Gasteiger partial charge in [-0.05, 0) is 140 Å². The number of allylic oxidation sites excluding steroid dienone is 5. The Labute approximate surface area is 280 Å². The fourth-order valence-corrected chi connectivity index (χ4v) is 7.83. The summed E-state index contributed by atoms with van der Waals surface area (Å²) in [5.74, 6) is 0. The second-order valence-electron chi connectivity index (χ2n) is 13.9. The van der Waals surface area contributed by atoms with Crippen LogP contribution in [0.4, 0.5) is 0 Å². The van der Waals surface area contributed by atoms with Crippen molar-refractivity contribution in [3.8, 4) is 0 Å². The van der Waals surface area contributed by atoms with Gasteiger partial charge in [-0.2, -0.15) is 0 Å². The van der Waals surface area contributed by atoms with Gasteiger partial charge in [0.1, 0.15) is 0 Å². The standard InChI is InChI=1S/C44H58N2/c1-9-31(6)14-15-32(10-2)24-33-16-18-34(19-17-33)25-44-41-28-39(35(11-3)26-37(41)21-23-46(44)8)29-42-40(13-5)36(12-4)27-38-20-22-45(7)30-43(38)42/h9,14-19,26-28,44H,1,10-13,20-25,29-30H2,2-8H3/b31-14-,32-15-. The van der Waals surface area contributed by atoms with Gasteiger partial charge in [0.2, 0.25) is 0 Å². The van der Waals surface area contributed by atoms with Crippen molar-refractivity contribution in [2.24, 2.45) is 0 Å². The van der Waals surface area contributed by atoms with Crippen LogP contribution in [0.5, 0.6) is 0 Å². The molecule has 3 aromatic carbocycles. The van der Waals surface area contributed by atoms with Crippen molar-refractivity contribution < 1.29 is 0 Å². The van der Waals surface area contributed by atoms with Gasteiger partial charge in [0.25, 0.3) is 0 Å². The summed E-state index contributed by atoms with van der Waals surface area (Å²) in [4.78, 5) is 5.12. The summed E-state index contributed by atoms with van der Waals surface area (Å²) in [5.41, 5.74) is 19.7. The molecule has 0 aromatic heterocycles. The van der Waals surface area contributed by atoms with Crippen LogP contribution in [0.1, 0.15) is 108 Å². The molecule has 2 heteroatoms. The summed E-state index contributed by atoms with van der Waals surface area (Å²) in [6.45, 7) is 18.7. The molecule has 5 rings (SSSR count). The summed E-state index contributed by atoms with van der Waals surface area (Å²) in [6, 6.07) is 17.6. The summed E-state index contributed by atoms with van der Waals surface area (Å²) < 4.78 is 0. The zero-order valence-corrected chi connectivity index (χ0v) is 29.9. The maximum Gasteiger partial charge on any atom is 0.0388 e. The van der Waals surface area contributed by atoms with Crippen LogP contribution in [-0.2, 0) is 57.9 Å². The van der Waals surface area contributed by atoms with Gasteiger partial charge >= 0.3 is 0 Å². The monoisotopic (exact) mass is 614 g/mol. The molecule has 0 aliphatic carbocycles. The van der Waals surface area contributed by atoms with E-state index in [1.54, 1.807) is 50.1 Å². The van der Waals surface area contributed by atoms with Crippen molar-refractivity contribution in [1.29, 1.82) is 0 Å².